The Hall–Kier alpha value is -1.77. The molecular weight excluding hydrogens is 308 g/mol. The maximum Gasteiger partial charge on any atom is 0.257 e. The number of thiazole rings is 1. The highest BCUT2D eigenvalue weighted by Crippen LogP contribution is 2.32. The number of nitrogens with zero attached hydrogens (tertiary/aromatic N) is 4. The molecule has 0 N–H and O–H groups in total. The molecule has 0 radical (unpaired) electrons. The van der Waals surface area contributed by atoms with Crippen LogP contribution >= 0.6 is 22.7 Å². The van der Waals surface area contributed by atoms with Crippen LogP contribution in [0.1, 0.15) is 11.9 Å². The molecule has 0 amide bonds. The fourth-order valence-corrected chi connectivity index (χ4v) is 3.63. The second-order valence-corrected chi connectivity index (χ2v) is 6.34. The summed E-state index contributed by atoms with van der Waals surface area (Å²) in [6.45, 7) is 1.99. The van der Waals surface area contributed by atoms with E-state index in [9.17, 15) is 0 Å². The van der Waals surface area contributed by atoms with Gasteiger partial charge >= 0.3 is 0 Å². The summed E-state index contributed by atoms with van der Waals surface area (Å²) in [7, 11) is 0. The monoisotopic (exact) mass is 320 g/mol. The maximum atomic E-state index is 5.84. The second kappa shape index (κ2) is 5.55. The first-order chi connectivity index (χ1) is 10.4. The zero-order chi connectivity index (χ0) is 14.1. The Kier molecular flexibility index (Phi) is 3.42. The van der Waals surface area contributed by atoms with Gasteiger partial charge in [0.15, 0.2) is 5.13 Å². The van der Waals surface area contributed by atoms with Crippen LogP contribution < -0.4 is 4.90 Å². The summed E-state index contributed by atoms with van der Waals surface area (Å²) in [6.07, 6.45) is 1.80. The quantitative estimate of drug-likeness (QED) is 0.739. The van der Waals surface area contributed by atoms with Gasteiger partial charge in [0.05, 0.1) is 18.1 Å². The summed E-state index contributed by atoms with van der Waals surface area (Å²) >= 11 is 3.19. The van der Waals surface area contributed by atoms with Gasteiger partial charge in [-0.2, -0.15) is 0 Å². The van der Waals surface area contributed by atoms with Gasteiger partial charge in [0.1, 0.15) is 6.04 Å². The van der Waals surface area contributed by atoms with Crippen molar-refractivity contribution in [3.8, 4) is 10.8 Å². The molecule has 6 nitrogen and oxygen atoms in total. The van der Waals surface area contributed by atoms with E-state index >= 15 is 0 Å². The van der Waals surface area contributed by atoms with Crippen LogP contribution in [0.5, 0.6) is 0 Å². The Balaban J connectivity index is 1.64. The minimum Gasteiger partial charge on any atom is -0.418 e. The molecule has 4 heterocycles. The molecule has 3 aromatic rings. The fourth-order valence-electron chi connectivity index (χ4n) is 2.26. The average Bonchev–Trinajstić information content (AvgIpc) is 3.27. The lowest BCUT2D eigenvalue weighted by Crippen LogP contribution is -2.39. The van der Waals surface area contributed by atoms with Crippen molar-refractivity contribution in [2.75, 3.05) is 24.7 Å². The van der Waals surface area contributed by atoms with E-state index in [1.807, 2.05) is 22.9 Å². The molecule has 1 aliphatic rings. The van der Waals surface area contributed by atoms with Gasteiger partial charge in [0, 0.05) is 18.1 Å². The van der Waals surface area contributed by atoms with E-state index in [1.54, 1.807) is 28.9 Å². The summed E-state index contributed by atoms with van der Waals surface area (Å²) in [5.74, 6) is 1.14. The van der Waals surface area contributed by atoms with Crippen molar-refractivity contribution in [1.29, 1.82) is 0 Å². The van der Waals surface area contributed by atoms with E-state index in [0.717, 1.165) is 16.6 Å². The molecule has 108 valence electrons. The number of hydrogen-bond donors (Lipinski definition) is 0. The van der Waals surface area contributed by atoms with Crippen LogP contribution in [0.25, 0.3) is 10.8 Å². The molecule has 0 saturated carbocycles. The van der Waals surface area contributed by atoms with Gasteiger partial charge in [-0.1, -0.05) is 6.07 Å². The molecule has 1 aliphatic heterocycles. The predicted octanol–water partition coefficient (Wildman–Crippen LogP) is 2.83. The molecule has 1 fully saturated rings. The first-order valence-electron chi connectivity index (χ1n) is 6.53. The van der Waals surface area contributed by atoms with Crippen LogP contribution in [-0.4, -0.2) is 34.9 Å². The predicted molar refractivity (Wildman–Crippen MR) is 80.6 cm³/mol. The minimum atomic E-state index is -0.0777. The van der Waals surface area contributed by atoms with E-state index in [-0.39, 0.29) is 6.04 Å². The number of ether oxygens (including phenoxy) is 1. The van der Waals surface area contributed by atoms with Crippen molar-refractivity contribution in [3.63, 3.8) is 0 Å². The number of morpholine rings is 1. The number of aromatic nitrogens is 3. The SMILES string of the molecule is c1csc(-c2nnc(C3COCCN3c3nccs3)o2)c1. The Morgan fingerprint density at radius 2 is 2.24 bits per heavy atom. The van der Waals surface area contributed by atoms with Crippen molar-refractivity contribution in [2.45, 2.75) is 6.04 Å². The van der Waals surface area contributed by atoms with Gasteiger partial charge in [0.2, 0.25) is 5.89 Å². The summed E-state index contributed by atoms with van der Waals surface area (Å²) < 4.78 is 11.4. The van der Waals surface area contributed by atoms with Crippen molar-refractivity contribution in [3.05, 3.63) is 35.0 Å². The fraction of sp³-hybridized carbons (Fsp3) is 0.308. The van der Waals surface area contributed by atoms with E-state index in [4.69, 9.17) is 9.15 Å². The number of hydrogen-bond acceptors (Lipinski definition) is 8. The van der Waals surface area contributed by atoms with Crippen molar-refractivity contribution in [1.82, 2.24) is 15.2 Å². The molecule has 1 saturated heterocycles. The molecule has 21 heavy (non-hydrogen) atoms. The van der Waals surface area contributed by atoms with Gasteiger partial charge in [0.25, 0.3) is 5.89 Å². The first-order valence-corrected chi connectivity index (χ1v) is 8.29. The number of thiophene rings is 1. The van der Waals surface area contributed by atoms with Crippen LogP contribution in [0.3, 0.4) is 0 Å². The summed E-state index contributed by atoms with van der Waals surface area (Å²) in [4.78, 5) is 7.52. The van der Waals surface area contributed by atoms with Gasteiger partial charge < -0.3 is 14.1 Å². The standard InChI is InChI=1S/C13H12N4O2S2/c1-2-10(20-6-1)12-16-15-11(19-12)9-8-18-5-4-17(9)13-14-3-7-21-13/h1-3,6-7,9H,4-5,8H2. The average molecular weight is 320 g/mol. The van der Waals surface area contributed by atoms with Gasteiger partial charge in [-0.05, 0) is 11.4 Å². The smallest absolute Gasteiger partial charge is 0.257 e. The largest absolute Gasteiger partial charge is 0.418 e. The minimum absolute atomic E-state index is 0.0777. The van der Waals surface area contributed by atoms with Crippen LogP contribution in [0, 0.1) is 0 Å². The number of rotatable bonds is 3. The number of anilines is 1. The molecule has 0 bridgehead atoms. The first kappa shape index (κ1) is 12.9. The Bertz CT molecular complexity index is 696. The van der Waals surface area contributed by atoms with Gasteiger partial charge in [-0.3, -0.25) is 0 Å². The highest BCUT2D eigenvalue weighted by Gasteiger charge is 2.31. The third kappa shape index (κ3) is 2.45. The topological polar surface area (TPSA) is 64.3 Å². The highest BCUT2D eigenvalue weighted by molar-refractivity contribution is 7.13. The molecule has 4 rings (SSSR count). The second-order valence-electron chi connectivity index (χ2n) is 4.52. The molecule has 1 unspecified atom stereocenters. The Morgan fingerprint density at radius 1 is 1.24 bits per heavy atom. The molecule has 0 spiro atoms. The third-order valence-electron chi connectivity index (χ3n) is 3.25. The summed E-state index contributed by atoms with van der Waals surface area (Å²) in [6, 6.07) is 3.86. The lowest BCUT2D eigenvalue weighted by Gasteiger charge is -2.32. The summed E-state index contributed by atoms with van der Waals surface area (Å²) in [5, 5.41) is 13.3. The Morgan fingerprint density at radius 3 is 3.05 bits per heavy atom. The van der Waals surface area contributed by atoms with Crippen LogP contribution in [-0.2, 0) is 4.74 Å². The Labute approximate surface area is 129 Å². The lowest BCUT2D eigenvalue weighted by atomic mass is 10.2. The van der Waals surface area contributed by atoms with Crippen molar-refractivity contribution in [2.24, 2.45) is 0 Å². The molecule has 0 aliphatic carbocycles. The van der Waals surface area contributed by atoms with Crippen molar-refractivity contribution < 1.29 is 9.15 Å². The van der Waals surface area contributed by atoms with Crippen LogP contribution in [0.15, 0.2) is 33.5 Å². The molecular formula is C13H12N4O2S2. The molecule has 8 heteroatoms. The molecule has 0 aromatic carbocycles. The van der Waals surface area contributed by atoms with E-state index in [2.05, 4.69) is 20.1 Å². The van der Waals surface area contributed by atoms with E-state index in [0.29, 0.717) is 25.0 Å². The van der Waals surface area contributed by atoms with Crippen LogP contribution in [0.2, 0.25) is 0 Å². The highest BCUT2D eigenvalue weighted by atomic mass is 32.1. The molecule has 1 atom stereocenters. The van der Waals surface area contributed by atoms with E-state index < -0.39 is 0 Å². The normalized spacial score (nSPS) is 19.0. The lowest BCUT2D eigenvalue weighted by molar-refractivity contribution is 0.0862. The van der Waals surface area contributed by atoms with Crippen LogP contribution in [0.4, 0.5) is 5.13 Å². The van der Waals surface area contributed by atoms with Crippen molar-refractivity contribution >= 4 is 27.8 Å². The van der Waals surface area contributed by atoms with Gasteiger partial charge in [-0.25, -0.2) is 4.98 Å². The zero-order valence-corrected chi connectivity index (χ0v) is 12.6. The van der Waals surface area contributed by atoms with Gasteiger partial charge in [-0.15, -0.1) is 32.9 Å². The zero-order valence-electron chi connectivity index (χ0n) is 11.0. The molecule has 3 aromatic heterocycles. The third-order valence-corrected chi connectivity index (χ3v) is 4.92. The summed E-state index contributed by atoms with van der Waals surface area (Å²) in [5.41, 5.74) is 0. The maximum absolute atomic E-state index is 5.84. The van der Waals surface area contributed by atoms with E-state index in [1.165, 1.54) is 0 Å².